The Bertz CT molecular complexity index is 586. The Labute approximate surface area is 94.2 Å². The molecule has 0 bridgehead atoms. The number of benzene rings is 1. The fourth-order valence-electron chi connectivity index (χ4n) is 2.21. The van der Waals surface area contributed by atoms with Crippen molar-refractivity contribution in [1.29, 1.82) is 0 Å². The molecule has 0 atom stereocenters. The maximum Gasteiger partial charge on any atom is 0.259 e. The molecule has 2 aliphatic rings. The molecule has 1 aliphatic heterocycles. The zero-order valence-electron chi connectivity index (χ0n) is 8.68. The Balaban J connectivity index is 2.23. The van der Waals surface area contributed by atoms with E-state index >= 15 is 0 Å². The summed E-state index contributed by atoms with van der Waals surface area (Å²) in [5, 5.41) is 0. The van der Waals surface area contributed by atoms with Crippen LogP contribution in [0.2, 0.25) is 0 Å². The van der Waals surface area contributed by atoms with Gasteiger partial charge in [0.15, 0.2) is 0 Å². The van der Waals surface area contributed by atoms with Crippen LogP contribution < -0.4 is 5.73 Å². The molecule has 16 heavy (non-hydrogen) atoms. The third kappa shape index (κ3) is 1.51. The predicted molar refractivity (Wildman–Crippen MR) is 61.8 cm³/mol. The van der Waals surface area contributed by atoms with E-state index in [4.69, 9.17) is 5.73 Å². The number of hydrogen-bond acceptors (Lipinski definition) is 3. The summed E-state index contributed by atoms with van der Waals surface area (Å²) in [6.07, 6.45) is 2.33. The van der Waals surface area contributed by atoms with Gasteiger partial charge in [-0.3, -0.25) is 0 Å². The third-order valence-corrected chi connectivity index (χ3v) is 4.18. The number of fused-ring (bicyclic) bond motifs is 1. The molecular formula is C11H12N2O2S. The lowest BCUT2D eigenvalue weighted by molar-refractivity contribution is 0.596. The summed E-state index contributed by atoms with van der Waals surface area (Å²) in [4.78, 5) is 0. The van der Waals surface area contributed by atoms with Crippen molar-refractivity contribution >= 4 is 15.9 Å². The topological polar surface area (TPSA) is 72.5 Å². The maximum absolute atomic E-state index is 11.5. The molecule has 1 heterocycles. The number of rotatable bonds is 1. The van der Waals surface area contributed by atoms with Gasteiger partial charge >= 0.3 is 0 Å². The molecule has 0 amide bonds. The molecule has 1 saturated carbocycles. The highest BCUT2D eigenvalue weighted by molar-refractivity contribution is 7.89. The van der Waals surface area contributed by atoms with Crippen LogP contribution in [-0.4, -0.2) is 14.3 Å². The van der Waals surface area contributed by atoms with E-state index in [1.807, 2.05) is 18.2 Å². The van der Waals surface area contributed by atoms with Crippen molar-refractivity contribution < 1.29 is 8.42 Å². The van der Waals surface area contributed by atoms with E-state index in [-0.39, 0.29) is 11.6 Å². The Morgan fingerprint density at radius 1 is 1.31 bits per heavy atom. The monoisotopic (exact) mass is 236 g/mol. The van der Waals surface area contributed by atoms with Gasteiger partial charge in [0, 0.05) is 5.56 Å². The van der Waals surface area contributed by atoms with Crippen molar-refractivity contribution in [3.8, 4) is 0 Å². The van der Waals surface area contributed by atoms with Crippen LogP contribution in [0, 0.1) is 0 Å². The minimum absolute atomic E-state index is 0.0242. The van der Waals surface area contributed by atoms with E-state index in [1.54, 1.807) is 0 Å². The van der Waals surface area contributed by atoms with Crippen LogP contribution >= 0.6 is 0 Å². The van der Waals surface area contributed by atoms with Crippen molar-refractivity contribution in [3.05, 3.63) is 34.9 Å². The van der Waals surface area contributed by atoms with Crippen molar-refractivity contribution in [1.82, 2.24) is 0 Å². The van der Waals surface area contributed by atoms with Crippen molar-refractivity contribution in [2.45, 2.75) is 24.5 Å². The lowest BCUT2D eigenvalue weighted by Crippen LogP contribution is -2.25. The molecule has 1 aromatic rings. The Morgan fingerprint density at radius 2 is 2.06 bits per heavy atom. The number of hydrogen-bond donors (Lipinski definition) is 1. The largest absolute Gasteiger partial charge is 0.383 e. The summed E-state index contributed by atoms with van der Waals surface area (Å²) >= 11 is 0. The second-order valence-electron chi connectivity index (χ2n) is 4.36. The van der Waals surface area contributed by atoms with E-state index in [1.165, 1.54) is 0 Å². The molecule has 0 radical (unpaired) electrons. The summed E-state index contributed by atoms with van der Waals surface area (Å²) in [5.41, 5.74) is 8.57. The van der Waals surface area contributed by atoms with Crippen molar-refractivity contribution in [2.24, 2.45) is 10.1 Å². The molecule has 0 spiro atoms. The van der Waals surface area contributed by atoms with E-state index in [2.05, 4.69) is 4.40 Å². The first-order chi connectivity index (χ1) is 7.57. The van der Waals surface area contributed by atoms with Gasteiger partial charge in [-0.2, -0.15) is 0 Å². The molecule has 0 unspecified atom stereocenters. The zero-order valence-corrected chi connectivity index (χ0v) is 9.50. The Morgan fingerprint density at radius 3 is 2.75 bits per heavy atom. The smallest absolute Gasteiger partial charge is 0.259 e. The average Bonchev–Trinajstić information content (AvgIpc) is 2.97. The number of sulfonamides is 1. The SMILES string of the molecule is NC1=NS(=O)(=O)Cc2cccc(C3CC3)c21. The minimum atomic E-state index is -3.40. The highest BCUT2D eigenvalue weighted by Crippen LogP contribution is 2.43. The molecule has 3 rings (SSSR count). The van der Waals surface area contributed by atoms with Gasteiger partial charge in [0.1, 0.15) is 5.84 Å². The lowest BCUT2D eigenvalue weighted by Gasteiger charge is -2.17. The van der Waals surface area contributed by atoms with Crippen LogP contribution in [0.25, 0.3) is 0 Å². The van der Waals surface area contributed by atoms with E-state index in [0.717, 1.165) is 29.5 Å². The standard InChI is InChI=1S/C11H12N2O2S/c12-11-10-8(6-16(14,15)13-11)2-1-3-9(10)7-4-5-7/h1-3,7H,4-6H2,(H2,12,13). The van der Waals surface area contributed by atoms with Crippen LogP contribution in [0.5, 0.6) is 0 Å². The highest BCUT2D eigenvalue weighted by atomic mass is 32.2. The highest BCUT2D eigenvalue weighted by Gasteiger charge is 2.31. The quantitative estimate of drug-likeness (QED) is 0.794. The number of nitrogens with zero attached hydrogens (tertiary/aromatic N) is 1. The summed E-state index contributed by atoms with van der Waals surface area (Å²) in [6, 6.07) is 5.75. The van der Waals surface area contributed by atoms with Crippen LogP contribution in [0.1, 0.15) is 35.4 Å². The predicted octanol–water partition coefficient (Wildman–Crippen LogP) is 1.11. The Hall–Kier alpha value is -1.36. The molecule has 2 N–H and O–H groups in total. The van der Waals surface area contributed by atoms with Gasteiger partial charge in [-0.1, -0.05) is 18.2 Å². The number of nitrogens with two attached hydrogens (primary N) is 1. The summed E-state index contributed by atoms with van der Waals surface area (Å²) in [7, 11) is -3.40. The van der Waals surface area contributed by atoms with E-state index in [0.29, 0.717) is 5.92 Å². The van der Waals surface area contributed by atoms with Crippen LogP contribution in [0.15, 0.2) is 22.6 Å². The first kappa shape index (κ1) is 9.84. The molecular weight excluding hydrogens is 224 g/mol. The van der Waals surface area contributed by atoms with Gasteiger partial charge in [0.05, 0.1) is 5.75 Å². The maximum atomic E-state index is 11.5. The average molecular weight is 236 g/mol. The van der Waals surface area contributed by atoms with Gasteiger partial charge in [-0.05, 0) is 29.9 Å². The second kappa shape index (κ2) is 3.07. The molecule has 5 heteroatoms. The van der Waals surface area contributed by atoms with Crippen LogP contribution in [0.3, 0.4) is 0 Å². The fourth-order valence-corrected chi connectivity index (χ4v) is 3.30. The van der Waals surface area contributed by atoms with Crippen LogP contribution in [0.4, 0.5) is 0 Å². The molecule has 1 aromatic carbocycles. The fraction of sp³-hybridized carbons (Fsp3) is 0.364. The van der Waals surface area contributed by atoms with Gasteiger partial charge < -0.3 is 5.73 Å². The molecule has 1 aliphatic carbocycles. The second-order valence-corrected chi connectivity index (χ2v) is 5.99. The molecule has 0 aromatic heterocycles. The lowest BCUT2D eigenvalue weighted by atomic mass is 9.97. The third-order valence-electron chi connectivity index (χ3n) is 3.03. The van der Waals surface area contributed by atoms with Crippen molar-refractivity contribution in [3.63, 3.8) is 0 Å². The summed E-state index contributed by atoms with van der Waals surface area (Å²) < 4.78 is 26.5. The van der Waals surface area contributed by atoms with Crippen molar-refractivity contribution in [2.75, 3.05) is 0 Å². The molecule has 0 saturated heterocycles. The molecule has 4 nitrogen and oxygen atoms in total. The van der Waals surface area contributed by atoms with E-state index < -0.39 is 10.0 Å². The molecule has 84 valence electrons. The number of amidine groups is 1. The minimum Gasteiger partial charge on any atom is -0.383 e. The van der Waals surface area contributed by atoms with E-state index in [9.17, 15) is 8.42 Å². The zero-order chi connectivity index (χ0) is 11.3. The molecule has 1 fully saturated rings. The van der Waals surface area contributed by atoms with Gasteiger partial charge in [0.25, 0.3) is 10.0 Å². The first-order valence-corrected chi connectivity index (χ1v) is 6.88. The van der Waals surface area contributed by atoms with Gasteiger partial charge in [-0.25, -0.2) is 8.42 Å². The Kier molecular flexibility index (Phi) is 1.89. The first-order valence-electron chi connectivity index (χ1n) is 5.27. The summed E-state index contributed by atoms with van der Waals surface area (Å²) in [5.74, 6) is 0.678. The van der Waals surface area contributed by atoms with Gasteiger partial charge in [-0.15, -0.1) is 4.40 Å². The normalized spacial score (nSPS) is 22.4. The van der Waals surface area contributed by atoms with Crippen LogP contribution in [-0.2, 0) is 15.8 Å². The van der Waals surface area contributed by atoms with Gasteiger partial charge in [0.2, 0.25) is 0 Å². The summed E-state index contributed by atoms with van der Waals surface area (Å²) in [6.45, 7) is 0.